The lowest BCUT2D eigenvalue weighted by atomic mass is 10.00. The monoisotopic (exact) mass is 313 g/mol. The number of hydrogen-bond acceptors (Lipinski definition) is 5. The number of aromatic nitrogens is 2. The maximum Gasteiger partial charge on any atom is 0.309 e. The van der Waals surface area contributed by atoms with Crippen molar-refractivity contribution in [3.63, 3.8) is 0 Å². The lowest BCUT2D eigenvalue weighted by Gasteiger charge is -2.19. The van der Waals surface area contributed by atoms with Crippen LogP contribution in [0.5, 0.6) is 0 Å². The van der Waals surface area contributed by atoms with Gasteiger partial charge in [0.25, 0.3) is 0 Å². The van der Waals surface area contributed by atoms with Gasteiger partial charge < -0.3 is 9.73 Å². The maximum absolute atomic E-state index is 12.3. The van der Waals surface area contributed by atoms with Gasteiger partial charge in [-0.05, 0) is 29.5 Å². The van der Waals surface area contributed by atoms with Crippen molar-refractivity contribution in [1.82, 2.24) is 15.5 Å². The van der Waals surface area contributed by atoms with Crippen LogP contribution in [-0.4, -0.2) is 16.1 Å². The van der Waals surface area contributed by atoms with E-state index in [1.165, 1.54) is 0 Å². The Hall–Kier alpha value is -2.47. The Labute approximate surface area is 132 Å². The van der Waals surface area contributed by atoms with E-state index in [-0.39, 0.29) is 17.8 Å². The van der Waals surface area contributed by atoms with Gasteiger partial charge in [0.15, 0.2) is 0 Å². The first-order chi connectivity index (χ1) is 10.6. The largest absolute Gasteiger partial charge is 0.417 e. The molecule has 3 aromatic rings. The third kappa shape index (κ3) is 2.92. The van der Waals surface area contributed by atoms with Crippen molar-refractivity contribution in [1.29, 1.82) is 0 Å². The Morgan fingerprint density at radius 2 is 2.00 bits per heavy atom. The van der Waals surface area contributed by atoms with E-state index >= 15 is 0 Å². The molecule has 22 heavy (non-hydrogen) atoms. The summed E-state index contributed by atoms with van der Waals surface area (Å²) in [4.78, 5) is 13.4. The summed E-state index contributed by atoms with van der Waals surface area (Å²) in [7, 11) is 0. The zero-order valence-electron chi connectivity index (χ0n) is 12.2. The smallest absolute Gasteiger partial charge is 0.309 e. The molecular weight excluding hydrogens is 298 g/mol. The number of benzene rings is 1. The highest BCUT2D eigenvalue weighted by atomic mass is 32.1. The number of aryl methyl sites for hydroxylation is 2. The number of amides is 1. The van der Waals surface area contributed by atoms with Gasteiger partial charge in [-0.25, -0.2) is 0 Å². The number of rotatable bonds is 4. The van der Waals surface area contributed by atoms with E-state index in [4.69, 9.17) is 4.42 Å². The average Bonchev–Trinajstić information content (AvgIpc) is 3.17. The van der Waals surface area contributed by atoms with Gasteiger partial charge in [0.2, 0.25) is 5.89 Å². The van der Waals surface area contributed by atoms with Gasteiger partial charge in [-0.3, -0.25) is 4.79 Å². The predicted octanol–water partition coefficient (Wildman–Crippen LogP) is 3.27. The van der Waals surface area contributed by atoms with E-state index in [2.05, 4.69) is 15.5 Å². The van der Waals surface area contributed by atoms with Gasteiger partial charge in [0, 0.05) is 11.8 Å². The molecule has 0 aliphatic rings. The molecule has 0 saturated heterocycles. The number of carbonyl (C=O) groups is 1. The van der Waals surface area contributed by atoms with E-state index in [0.717, 1.165) is 16.0 Å². The fraction of sp³-hybridized carbons (Fsp3) is 0.188. The number of nitrogens with zero attached hydrogens (tertiary/aromatic N) is 2. The molecule has 0 saturated carbocycles. The molecule has 3 rings (SSSR count). The van der Waals surface area contributed by atoms with Crippen LogP contribution in [0.3, 0.4) is 0 Å². The van der Waals surface area contributed by atoms with Crippen LogP contribution in [0.4, 0.5) is 0 Å². The normalized spacial score (nSPS) is 12.1. The van der Waals surface area contributed by atoms with Gasteiger partial charge in [-0.1, -0.05) is 30.3 Å². The molecule has 112 valence electrons. The van der Waals surface area contributed by atoms with Gasteiger partial charge in [-0.15, -0.1) is 21.5 Å². The fourth-order valence-electron chi connectivity index (χ4n) is 2.25. The molecular formula is C16H15N3O2S. The van der Waals surface area contributed by atoms with E-state index < -0.39 is 0 Å². The number of carbonyl (C=O) groups excluding carboxylic acids is 1. The molecule has 0 aliphatic carbocycles. The standard InChI is InChI=1S/C16H15N3O2S/c1-10-6-3-4-7-12(10)14(13-8-5-9-22-13)17-15(20)16-19-18-11(2)21-16/h3-9,14H,1-2H3,(H,17,20). The Balaban J connectivity index is 1.93. The SMILES string of the molecule is Cc1nnc(C(=O)NC(c2cccs2)c2ccccc2C)o1. The minimum Gasteiger partial charge on any atom is -0.417 e. The summed E-state index contributed by atoms with van der Waals surface area (Å²) in [5.74, 6) is -0.0244. The Bertz CT molecular complexity index is 780. The van der Waals surface area contributed by atoms with Crippen LogP contribution in [0.25, 0.3) is 0 Å². The molecule has 0 radical (unpaired) electrons. The zero-order chi connectivity index (χ0) is 15.5. The second-order valence-electron chi connectivity index (χ2n) is 4.90. The van der Waals surface area contributed by atoms with E-state index in [1.54, 1.807) is 18.3 Å². The number of thiophene rings is 1. The summed E-state index contributed by atoms with van der Waals surface area (Å²) >= 11 is 1.60. The van der Waals surface area contributed by atoms with Crippen molar-refractivity contribution >= 4 is 17.2 Å². The first kappa shape index (κ1) is 14.5. The highest BCUT2D eigenvalue weighted by molar-refractivity contribution is 7.10. The second-order valence-corrected chi connectivity index (χ2v) is 5.88. The van der Waals surface area contributed by atoms with Crippen molar-refractivity contribution in [3.8, 4) is 0 Å². The lowest BCUT2D eigenvalue weighted by molar-refractivity contribution is 0.0907. The fourth-order valence-corrected chi connectivity index (χ4v) is 3.04. The Morgan fingerprint density at radius 3 is 2.64 bits per heavy atom. The predicted molar refractivity (Wildman–Crippen MR) is 83.8 cm³/mol. The second kappa shape index (κ2) is 6.11. The Kier molecular flexibility index (Phi) is 4.02. The molecule has 6 heteroatoms. The van der Waals surface area contributed by atoms with Gasteiger partial charge in [0.05, 0.1) is 6.04 Å². The molecule has 1 atom stereocenters. The third-order valence-corrected chi connectivity index (χ3v) is 4.26. The summed E-state index contributed by atoms with van der Waals surface area (Å²) in [5.41, 5.74) is 2.16. The highest BCUT2D eigenvalue weighted by Gasteiger charge is 2.22. The summed E-state index contributed by atoms with van der Waals surface area (Å²) in [6, 6.07) is 11.7. The van der Waals surface area contributed by atoms with Crippen LogP contribution in [0.15, 0.2) is 46.2 Å². The van der Waals surface area contributed by atoms with Crippen LogP contribution < -0.4 is 5.32 Å². The Morgan fingerprint density at radius 1 is 1.18 bits per heavy atom. The lowest BCUT2D eigenvalue weighted by Crippen LogP contribution is -2.29. The van der Waals surface area contributed by atoms with E-state index in [9.17, 15) is 4.79 Å². The summed E-state index contributed by atoms with van der Waals surface area (Å²) in [6.07, 6.45) is 0. The van der Waals surface area contributed by atoms with Crippen LogP contribution in [0.1, 0.15) is 38.6 Å². The minimum absolute atomic E-state index is 0.0207. The van der Waals surface area contributed by atoms with Crippen LogP contribution in [-0.2, 0) is 0 Å². The third-order valence-electron chi connectivity index (χ3n) is 3.32. The maximum atomic E-state index is 12.3. The highest BCUT2D eigenvalue weighted by Crippen LogP contribution is 2.28. The first-order valence-corrected chi connectivity index (χ1v) is 7.73. The van der Waals surface area contributed by atoms with Crippen molar-refractivity contribution in [2.45, 2.75) is 19.9 Å². The molecule has 0 fully saturated rings. The van der Waals surface area contributed by atoms with Gasteiger partial charge in [-0.2, -0.15) is 0 Å². The van der Waals surface area contributed by atoms with Crippen LogP contribution in [0, 0.1) is 13.8 Å². The quantitative estimate of drug-likeness (QED) is 0.802. The van der Waals surface area contributed by atoms with E-state index in [1.807, 2.05) is 48.7 Å². The van der Waals surface area contributed by atoms with Crippen molar-refractivity contribution in [2.24, 2.45) is 0 Å². The molecule has 0 spiro atoms. The van der Waals surface area contributed by atoms with Crippen LogP contribution >= 0.6 is 11.3 Å². The van der Waals surface area contributed by atoms with Crippen molar-refractivity contribution < 1.29 is 9.21 Å². The molecule has 5 nitrogen and oxygen atoms in total. The van der Waals surface area contributed by atoms with Crippen molar-refractivity contribution in [2.75, 3.05) is 0 Å². The number of nitrogens with one attached hydrogen (secondary N) is 1. The molecule has 2 heterocycles. The number of hydrogen-bond donors (Lipinski definition) is 1. The zero-order valence-corrected chi connectivity index (χ0v) is 13.1. The molecule has 1 aromatic carbocycles. The summed E-state index contributed by atoms with van der Waals surface area (Å²) < 4.78 is 5.20. The summed E-state index contributed by atoms with van der Waals surface area (Å²) in [6.45, 7) is 3.68. The molecule has 2 aromatic heterocycles. The summed E-state index contributed by atoms with van der Waals surface area (Å²) in [5, 5.41) is 12.4. The van der Waals surface area contributed by atoms with Gasteiger partial charge >= 0.3 is 11.8 Å². The molecule has 1 amide bonds. The molecule has 1 N–H and O–H groups in total. The van der Waals surface area contributed by atoms with E-state index in [0.29, 0.717) is 5.89 Å². The molecule has 1 unspecified atom stereocenters. The van der Waals surface area contributed by atoms with Gasteiger partial charge in [0.1, 0.15) is 0 Å². The van der Waals surface area contributed by atoms with Crippen LogP contribution in [0.2, 0.25) is 0 Å². The topological polar surface area (TPSA) is 68.0 Å². The molecule has 0 aliphatic heterocycles. The average molecular weight is 313 g/mol. The molecule has 0 bridgehead atoms. The first-order valence-electron chi connectivity index (χ1n) is 6.85. The minimum atomic E-state index is -0.373. The van der Waals surface area contributed by atoms with Crippen molar-refractivity contribution in [3.05, 3.63) is 69.6 Å².